The Hall–Kier alpha value is -2.60. The van der Waals surface area contributed by atoms with Gasteiger partial charge in [0.25, 0.3) is 0 Å². The number of benzene rings is 2. The van der Waals surface area contributed by atoms with Gasteiger partial charge in [-0.15, -0.1) is 0 Å². The molecule has 0 saturated carbocycles. The molecule has 0 aliphatic carbocycles. The standard InChI is InChI=1S/C18H12ClF3N2O/c1-24-10-14(13-7-2-3-8-15(13)19)17(25)16(23-24)11-5-4-6-12(9-11)18(20,21)22/h2-10H,1H3. The highest BCUT2D eigenvalue weighted by atomic mass is 35.5. The van der Waals surface area contributed by atoms with Gasteiger partial charge in [-0.25, -0.2) is 0 Å². The molecule has 0 unspecified atom stereocenters. The van der Waals surface area contributed by atoms with Crippen LogP contribution >= 0.6 is 11.6 Å². The first kappa shape index (κ1) is 17.2. The van der Waals surface area contributed by atoms with Crippen LogP contribution in [-0.4, -0.2) is 9.78 Å². The van der Waals surface area contributed by atoms with Gasteiger partial charge >= 0.3 is 6.18 Å². The number of nitrogens with zero attached hydrogens (tertiary/aromatic N) is 2. The molecule has 0 fully saturated rings. The smallest absolute Gasteiger partial charge is 0.287 e. The summed E-state index contributed by atoms with van der Waals surface area (Å²) in [6.07, 6.45) is -3.00. The predicted molar refractivity (Wildman–Crippen MR) is 90.4 cm³/mol. The molecule has 1 heterocycles. The second kappa shape index (κ2) is 6.37. The van der Waals surface area contributed by atoms with Gasteiger partial charge in [0.15, 0.2) is 0 Å². The van der Waals surface area contributed by atoms with Gasteiger partial charge in [-0.1, -0.05) is 41.9 Å². The third-order valence-corrected chi connectivity index (χ3v) is 3.99. The summed E-state index contributed by atoms with van der Waals surface area (Å²) < 4.78 is 40.2. The Balaban J connectivity index is 2.23. The molecule has 3 rings (SSSR count). The Morgan fingerprint density at radius 3 is 2.44 bits per heavy atom. The molecule has 2 aromatic carbocycles. The number of halogens is 4. The fourth-order valence-corrected chi connectivity index (χ4v) is 2.75. The van der Waals surface area contributed by atoms with Crippen LogP contribution in [0.15, 0.2) is 59.5 Å². The molecule has 25 heavy (non-hydrogen) atoms. The van der Waals surface area contributed by atoms with E-state index in [0.29, 0.717) is 10.6 Å². The van der Waals surface area contributed by atoms with Crippen LogP contribution in [0.2, 0.25) is 5.02 Å². The van der Waals surface area contributed by atoms with E-state index in [2.05, 4.69) is 5.10 Å². The van der Waals surface area contributed by atoms with Crippen molar-refractivity contribution in [1.29, 1.82) is 0 Å². The minimum Gasteiger partial charge on any atom is -0.287 e. The minimum absolute atomic E-state index is 0.0639. The normalized spacial score (nSPS) is 11.6. The Morgan fingerprint density at radius 1 is 1.04 bits per heavy atom. The zero-order valence-corrected chi connectivity index (χ0v) is 13.8. The van der Waals surface area contributed by atoms with E-state index in [9.17, 15) is 18.0 Å². The van der Waals surface area contributed by atoms with Crippen LogP contribution in [0.1, 0.15) is 5.56 Å². The molecule has 128 valence electrons. The lowest BCUT2D eigenvalue weighted by atomic mass is 10.0. The molecule has 0 atom stereocenters. The van der Waals surface area contributed by atoms with Crippen LogP contribution in [0.25, 0.3) is 22.4 Å². The Labute approximate surface area is 146 Å². The Kier molecular flexibility index (Phi) is 4.39. The van der Waals surface area contributed by atoms with E-state index >= 15 is 0 Å². The molecule has 0 saturated heterocycles. The minimum atomic E-state index is -4.50. The summed E-state index contributed by atoms with van der Waals surface area (Å²) >= 11 is 6.15. The highest BCUT2D eigenvalue weighted by Gasteiger charge is 2.30. The van der Waals surface area contributed by atoms with Crippen molar-refractivity contribution < 1.29 is 13.2 Å². The topological polar surface area (TPSA) is 34.9 Å². The van der Waals surface area contributed by atoms with E-state index in [0.717, 1.165) is 12.1 Å². The van der Waals surface area contributed by atoms with Crippen molar-refractivity contribution in [3.8, 4) is 22.4 Å². The largest absolute Gasteiger partial charge is 0.416 e. The van der Waals surface area contributed by atoms with Crippen LogP contribution in [-0.2, 0) is 13.2 Å². The van der Waals surface area contributed by atoms with Gasteiger partial charge in [0.1, 0.15) is 5.69 Å². The molecule has 0 bridgehead atoms. The first-order valence-corrected chi connectivity index (χ1v) is 7.65. The number of hydrogen-bond acceptors (Lipinski definition) is 2. The van der Waals surface area contributed by atoms with Gasteiger partial charge in [0.2, 0.25) is 5.43 Å². The van der Waals surface area contributed by atoms with Crippen LogP contribution < -0.4 is 5.43 Å². The molecule has 0 radical (unpaired) electrons. The lowest BCUT2D eigenvalue weighted by Gasteiger charge is -2.11. The average Bonchev–Trinajstić information content (AvgIpc) is 2.57. The zero-order valence-electron chi connectivity index (χ0n) is 13.0. The van der Waals surface area contributed by atoms with Gasteiger partial charge in [0.05, 0.1) is 11.1 Å². The fraction of sp³-hybridized carbons (Fsp3) is 0.111. The molecule has 3 aromatic rings. The Bertz CT molecular complexity index is 996. The molecule has 0 amide bonds. The lowest BCUT2D eigenvalue weighted by Crippen LogP contribution is -2.16. The van der Waals surface area contributed by atoms with E-state index in [-0.39, 0.29) is 16.8 Å². The maximum Gasteiger partial charge on any atom is 0.416 e. The molecule has 0 N–H and O–H groups in total. The van der Waals surface area contributed by atoms with E-state index in [1.54, 1.807) is 31.3 Å². The SMILES string of the molecule is Cn1cc(-c2ccccc2Cl)c(=O)c(-c2cccc(C(F)(F)F)c2)n1. The van der Waals surface area contributed by atoms with Crippen molar-refractivity contribution >= 4 is 11.6 Å². The number of aromatic nitrogens is 2. The first-order valence-electron chi connectivity index (χ1n) is 7.28. The number of aryl methyl sites for hydroxylation is 1. The fourth-order valence-electron chi connectivity index (χ4n) is 2.51. The van der Waals surface area contributed by atoms with Gasteiger partial charge in [-0.2, -0.15) is 18.3 Å². The van der Waals surface area contributed by atoms with Crippen LogP contribution in [0.3, 0.4) is 0 Å². The van der Waals surface area contributed by atoms with E-state index in [1.165, 1.54) is 23.0 Å². The van der Waals surface area contributed by atoms with E-state index in [4.69, 9.17) is 11.6 Å². The Morgan fingerprint density at radius 2 is 1.76 bits per heavy atom. The summed E-state index contributed by atoms with van der Waals surface area (Å²) in [6, 6.07) is 11.3. The second-order valence-electron chi connectivity index (χ2n) is 5.45. The summed E-state index contributed by atoms with van der Waals surface area (Å²) in [5.41, 5.74) is -0.506. The molecule has 3 nitrogen and oxygen atoms in total. The number of alkyl halides is 3. The van der Waals surface area contributed by atoms with Crippen molar-refractivity contribution in [2.75, 3.05) is 0 Å². The number of rotatable bonds is 2. The maximum absolute atomic E-state index is 12.9. The summed E-state index contributed by atoms with van der Waals surface area (Å²) in [5, 5.41) is 4.45. The third kappa shape index (κ3) is 3.44. The molecule has 7 heteroatoms. The average molecular weight is 365 g/mol. The van der Waals surface area contributed by atoms with Gasteiger partial charge in [-0.05, 0) is 18.2 Å². The second-order valence-corrected chi connectivity index (χ2v) is 5.86. The third-order valence-electron chi connectivity index (χ3n) is 3.66. The van der Waals surface area contributed by atoms with Crippen LogP contribution in [0.5, 0.6) is 0 Å². The van der Waals surface area contributed by atoms with Crippen LogP contribution in [0.4, 0.5) is 13.2 Å². The highest BCUT2D eigenvalue weighted by molar-refractivity contribution is 6.33. The van der Waals surface area contributed by atoms with Gasteiger partial charge < -0.3 is 0 Å². The molecule has 0 aliphatic rings. The summed E-state index contributed by atoms with van der Waals surface area (Å²) in [6.45, 7) is 0. The molecular formula is C18H12ClF3N2O. The van der Waals surface area contributed by atoms with Crippen LogP contribution in [0, 0.1) is 0 Å². The first-order chi connectivity index (χ1) is 11.8. The monoisotopic (exact) mass is 364 g/mol. The number of hydrogen-bond donors (Lipinski definition) is 0. The maximum atomic E-state index is 12.9. The summed E-state index contributed by atoms with van der Waals surface area (Å²) in [7, 11) is 1.59. The predicted octanol–water partition coefficient (Wildman–Crippen LogP) is 4.79. The molecule has 0 spiro atoms. The lowest BCUT2D eigenvalue weighted by molar-refractivity contribution is -0.137. The van der Waals surface area contributed by atoms with Gasteiger partial charge in [0, 0.05) is 29.4 Å². The van der Waals surface area contributed by atoms with E-state index in [1.807, 2.05) is 0 Å². The summed E-state index contributed by atoms with van der Waals surface area (Å²) in [5.74, 6) is 0. The quantitative estimate of drug-likeness (QED) is 0.655. The molecular weight excluding hydrogens is 353 g/mol. The highest BCUT2D eigenvalue weighted by Crippen LogP contribution is 2.32. The van der Waals surface area contributed by atoms with Gasteiger partial charge in [-0.3, -0.25) is 9.48 Å². The summed E-state index contributed by atoms with van der Waals surface area (Å²) in [4.78, 5) is 12.8. The van der Waals surface area contributed by atoms with Crippen molar-refractivity contribution in [3.63, 3.8) is 0 Å². The molecule has 0 aliphatic heterocycles. The van der Waals surface area contributed by atoms with Crippen molar-refractivity contribution in [3.05, 3.63) is 75.5 Å². The van der Waals surface area contributed by atoms with E-state index < -0.39 is 17.2 Å². The van der Waals surface area contributed by atoms with Crippen molar-refractivity contribution in [2.24, 2.45) is 7.05 Å². The van der Waals surface area contributed by atoms with Crippen molar-refractivity contribution in [1.82, 2.24) is 9.78 Å². The molecule has 1 aromatic heterocycles. The zero-order chi connectivity index (χ0) is 18.2. The van der Waals surface area contributed by atoms with Crippen molar-refractivity contribution in [2.45, 2.75) is 6.18 Å².